The van der Waals surface area contributed by atoms with Crippen LogP contribution in [0.5, 0.6) is 0 Å². The number of fused-ring (bicyclic) bond motifs is 3. The first kappa shape index (κ1) is 14.5. The highest BCUT2D eigenvalue weighted by molar-refractivity contribution is 6.12. The standard InChI is InChI=1S/C14H10O.C8H7N/c15-14-12-7-3-1-5-10(12)9-11-6-2-4-8-13(11)14;1-2-4-8-7(3-1)5-6-9-8/h1-8H,9H2;1-6,9H. The predicted octanol–water partition coefficient (Wildman–Crippen LogP) is 4.99. The van der Waals surface area contributed by atoms with Crippen LogP contribution in [0.1, 0.15) is 27.0 Å². The summed E-state index contributed by atoms with van der Waals surface area (Å²) in [6.07, 6.45) is 2.82. The van der Waals surface area contributed by atoms with E-state index in [4.69, 9.17) is 0 Å². The van der Waals surface area contributed by atoms with Gasteiger partial charge in [0.15, 0.2) is 5.78 Å². The molecule has 2 heteroatoms. The Labute approximate surface area is 140 Å². The molecule has 0 radical (unpaired) electrons. The molecular weight excluding hydrogens is 294 g/mol. The quantitative estimate of drug-likeness (QED) is 0.429. The van der Waals surface area contributed by atoms with E-state index in [9.17, 15) is 4.79 Å². The molecule has 0 spiro atoms. The predicted molar refractivity (Wildman–Crippen MR) is 97.4 cm³/mol. The molecule has 0 saturated carbocycles. The lowest BCUT2D eigenvalue weighted by Gasteiger charge is -2.17. The van der Waals surface area contributed by atoms with E-state index in [0.717, 1.165) is 28.7 Å². The number of para-hydroxylation sites is 1. The fourth-order valence-corrected chi connectivity index (χ4v) is 3.14. The average Bonchev–Trinajstić information content (AvgIpc) is 3.11. The number of benzene rings is 3. The van der Waals surface area contributed by atoms with Gasteiger partial charge in [-0.3, -0.25) is 4.79 Å². The topological polar surface area (TPSA) is 32.9 Å². The van der Waals surface area contributed by atoms with E-state index in [2.05, 4.69) is 23.2 Å². The van der Waals surface area contributed by atoms with Gasteiger partial charge in [-0.2, -0.15) is 0 Å². The lowest BCUT2D eigenvalue weighted by Crippen LogP contribution is -2.14. The Balaban J connectivity index is 0.000000138. The van der Waals surface area contributed by atoms with E-state index in [1.807, 2.05) is 66.9 Å². The van der Waals surface area contributed by atoms with Gasteiger partial charge in [0.1, 0.15) is 0 Å². The van der Waals surface area contributed by atoms with Crippen molar-refractivity contribution in [1.29, 1.82) is 0 Å². The molecule has 0 aliphatic heterocycles. The van der Waals surface area contributed by atoms with Crippen LogP contribution in [0.15, 0.2) is 85.1 Å². The molecule has 0 unspecified atom stereocenters. The lowest BCUT2D eigenvalue weighted by molar-refractivity contribution is 0.103. The first-order valence-electron chi connectivity index (χ1n) is 8.05. The van der Waals surface area contributed by atoms with Crippen molar-refractivity contribution in [3.05, 3.63) is 107 Å². The SMILES string of the molecule is O=C1c2ccccc2Cc2ccccc21.c1ccc2[nH]ccc2c1. The van der Waals surface area contributed by atoms with Crippen molar-refractivity contribution in [2.45, 2.75) is 6.42 Å². The third kappa shape index (κ3) is 2.63. The number of carbonyl (C=O) groups is 1. The van der Waals surface area contributed by atoms with E-state index in [-0.39, 0.29) is 5.78 Å². The molecule has 1 heterocycles. The van der Waals surface area contributed by atoms with Crippen LogP contribution in [0.25, 0.3) is 10.9 Å². The maximum absolute atomic E-state index is 12.1. The Kier molecular flexibility index (Phi) is 3.72. The second-order valence-electron chi connectivity index (χ2n) is 5.89. The molecule has 116 valence electrons. The first-order valence-corrected chi connectivity index (χ1v) is 8.05. The molecule has 0 saturated heterocycles. The van der Waals surface area contributed by atoms with Crippen molar-refractivity contribution in [2.24, 2.45) is 0 Å². The van der Waals surface area contributed by atoms with Crippen LogP contribution in [0, 0.1) is 0 Å². The number of H-pyrrole nitrogens is 1. The van der Waals surface area contributed by atoms with Crippen molar-refractivity contribution in [3.63, 3.8) is 0 Å². The molecule has 1 aliphatic rings. The minimum atomic E-state index is 0.160. The van der Waals surface area contributed by atoms with Crippen LogP contribution in [-0.2, 0) is 6.42 Å². The number of aromatic nitrogens is 1. The Morgan fingerprint density at radius 1 is 0.667 bits per heavy atom. The van der Waals surface area contributed by atoms with Crippen LogP contribution in [0.2, 0.25) is 0 Å². The van der Waals surface area contributed by atoms with Gasteiger partial charge in [0.25, 0.3) is 0 Å². The second kappa shape index (κ2) is 6.17. The molecule has 1 N–H and O–H groups in total. The Morgan fingerprint density at radius 3 is 1.92 bits per heavy atom. The number of nitrogens with one attached hydrogen (secondary N) is 1. The summed E-state index contributed by atoms with van der Waals surface area (Å²) >= 11 is 0. The van der Waals surface area contributed by atoms with E-state index >= 15 is 0 Å². The molecule has 3 aromatic carbocycles. The number of carbonyl (C=O) groups excluding carboxylic acids is 1. The van der Waals surface area contributed by atoms with Crippen molar-refractivity contribution >= 4 is 16.7 Å². The number of ketones is 1. The molecule has 1 aliphatic carbocycles. The van der Waals surface area contributed by atoms with Crippen LogP contribution < -0.4 is 0 Å². The molecule has 4 aromatic rings. The van der Waals surface area contributed by atoms with Gasteiger partial charge in [0.2, 0.25) is 0 Å². The van der Waals surface area contributed by atoms with Crippen LogP contribution in [0.4, 0.5) is 0 Å². The van der Waals surface area contributed by atoms with Crippen molar-refractivity contribution in [3.8, 4) is 0 Å². The number of hydrogen-bond donors (Lipinski definition) is 1. The van der Waals surface area contributed by atoms with Crippen molar-refractivity contribution in [1.82, 2.24) is 4.98 Å². The third-order valence-electron chi connectivity index (χ3n) is 4.37. The summed E-state index contributed by atoms with van der Waals surface area (Å²) in [5, 5.41) is 1.28. The van der Waals surface area contributed by atoms with Gasteiger partial charge in [0.05, 0.1) is 0 Å². The molecule has 1 aromatic heterocycles. The third-order valence-corrected chi connectivity index (χ3v) is 4.37. The average molecular weight is 311 g/mol. The van der Waals surface area contributed by atoms with E-state index in [1.54, 1.807) is 0 Å². The van der Waals surface area contributed by atoms with E-state index in [0.29, 0.717) is 0 Å². The maximum atomic E-state index is 12.1. The molecule has 0 bridgehead atoms. The molecule has 0 atom stereocenters. The number of aromatic amines is 1. The van der Waals surface area contributed by atoms with Gasteiger partial charge in [-0.05, 0) is 35.1 Å². The number of rotatable bonds is 0. The normalized spacial score (nSPS) is 12.1. The fraction of sp³-hybridized carbons (Fsp3) is 0.0455. The molecule has 0 amide bonds. The summed E-state index contributed by atoms with van der Waals surface area (Å²) in [6.45, 7) is 0. The van der Waals surface area contributed by atoms with E-state index < -0.39 is 0 Å². The van der Waals surface area contributed by atoms with Crippen LogP contribution in [0.3, 0.4) is 0 Å². The summed E-state index contributed by atoms with van der Waals surface area (Å²) < 4.78 is 0. The first-order chi connectivity index (χ1) is 11.8. The molecule has 24 heavy (non-hydrogen) atoms. The van der Waals surface area contributed by atoms with Crippen LogP contribution in [-0.4, -0.2) is 10.8 Å². The largest absolute Gasteiger partial charge is 0.361 e. The van der Waals surface area contributed by atoms with Crippen molar-refractivity contribution in [2.75, 3.05) is 0 Å². The fourth-order valence-electron chi connectivity index (χ4n) is 3.14. The highest BCUT2D eigenvalue weighted by Gasteiger charge is 2.21. The van der Waals surface area contributed by atoms with E-state index in [1.165, 1.54) is 10.9 Å². The summed E-state index contributed by atoms with van der Waals surface area (Å²) in [4.78, 5) is 15.2. The maximum Gasteiger partial charge on any atom is 0.193 e. The summed E-state index contributed by atoms with van der Waals surface area (Å²) in [6, 6.07) is 26.0. The zero-order chi connectivity index (χ0) is 16.4. The Hall–Kier alpha value is -3.13. The summed E-state index contributed by atoms with van der Waals surface area (Å²) in [5.74, 6) is 0.160. The second-order valence-corrected chi connectivity index (χ2v) is 5.89. The Morgan fingerprint density at radius 2 is 1.25 bits per heavy atom. The van der Waals surface area contributed by atoms with Gasteiger partial charge in [-0.15, -0.1) is 0 Å². The van der Waals surface area contributed by atoms with Gasteiger partial charge in [0, 0.05) is 22.8 Å². The highest BCUT2D eigenvalue weighted by atomic mass is 16.1. The van der Waals surface area contributed by atoms with Gasteiger partial charge < -0.3 is 4.98 Å². The lowest BCUT2D eigenvalue weighted by atomic mass is 9.85. The summed E-state index contributed by atoms with van der Waals surface area (Å²) in [5.41, 5.74) is 5.20. The minimum Gasteiger partial charge on any atom is -0.361 e. The molecule has 5 rings (SSSR count). The molecule has 2 nitrogen and oxygen atoms in total. The van der Waals surface area contributed by atoms with Gasteiger partial charge in [-0.25, -0.2) is 0 Å². The van der Waals surface area contributed by atoms with Gasteiger partial charge in [-0.1, -0.05) is 66.7 Å². The zero-order valence-electron chi connectivity index (χ0n) is 13.2. The zero-order valence-corrected chi connectivity index (χ0v) is 13.2. The Bertz CT molecular complexity index is 935. The van der Waals surface area contributed by atoms with Crippen LogP contribution >= 0.6 is 0 Å². The highest BCUT2D eigenvalue weighted by Crippen LogP contribution is 2.26. The number of hydrogen-bond acceptors (Lipinski definition) is 1. The molecule has 0 fully saturated rings. The summed E-state index contributed by atoms with van der Waals surface area (Å²) in [7, 11) is 0. The minimum absolute atomic E-state index is 0.160. The van der Waals surface area contributed by atoms with Gasteiger partial charge >= 0.3 is 0 Å². The smallest absolute Gasteiger partial charge is 0.193 e. The molecular formula is C22H17NO. The monoisotopic (exact) mass is 311 g/mol. The van der Waals surface area contributed by atoms with Crippen molar-refractivity contribution < 1.29 is 4.79 Å².